The topological polar surface area (TPSA) is 18.5 Å². The van der Waals surface area contributed by atoms with Crippen LogP contribution in [0.1, 0.15) is 46.5 Å². The van der Waals surface area contributed by atoms with Crippen LogP contribution in [-0.2, 0) is 0 Å². The van der Waals surface area contributed by atoms with Gasteiger partial charge in [0.2, 0.25) is 0 Å². The van der Waals surface area contributed by atoms with Gasteiger partial charge in [-0.05, 0) is 37.6 Å². The van der Waals surface area contributed by atoms with Gasteiger partial charge in [-0.15, -0.1) is 0 Å². The smallest absolute Gasteiger partial charge is 0.0221 e. The normalized spacial score (nSPS) is 23.4. The Morgan fingerprint density at radius 2 is 1.75 bits per heavy atom. The van der Waals surface area contributed by atoms with E-state index < -0.39 is 0 Å². The standard InChI is InChI=1S/C17H35N3/c1-4-5-17(13-18-12-15(2)3)20-10-8-19(9-11-20)14-16-6-7-16/h15-18H,4-14H2,1-3H3. The highest BCUT2D eigenvalue weighted by Gasteiger charge is 2.28. The third kappa shape index (κ3) is 5.71. The van der Waals surface area contributed by atoms with E-state index in [2.05, 4.69) is 35.9 Å². The molecule has 1 N–H and O–H groups in total. The van der Waals surface area contributed by atoms with E-state index in [1.54, 1.807) is 0 Å². The van der Waals surface area contributed by atoms with E-state index in [1.807, 2.05) is 0 Å². The maximum absolute atomic E-state index is 3.67. The molecule has 1 aliphatic heterocycles. The molecule has 2 fully saturated rings. The minimum absolute atomic E-state index is 0.752. The van der Waals surface area contributed by atoms with E-state index in [4.69, 9.17) is 0 Å². The number of hydrogen-bond donors (Lipinski definition) is 1. The fraction of sp³-hybridized carbons (Fsp3) is 1.00. The summed E-state index contributed by atoms with van der Waals surface area (Å²) >= 11 is 0. The summed E-state index contributed by atoms with van der Waals surface area (Å²) in [6, 6.07) is 0.752. The molecule has 20 heavy (non-hydrogen) atoms. The van der Waals surface area contributed by atoms with Crippen molar-refractivity contribution in [3.8, 4) is 0 Å². The quantitative estimate of drug-likeness (QED) is 0.700. The van der Waals surface area contributed by atoms with Crippen LogP contribution in [0, 0.1) is 11.8 Å². The molecule has 0 aromatic carbocycles. The lowest BCUT2D eigenvalue weighted by molar-refractivity contribution is 0.0881. The molecule has 1 unspecified atom stereocenters. The Balaban J connectivity index is 1.68. The van der Waals surface area contributed by atoms with E-state index in [0.29, 0.717) is 0 Å². The molecule has 1 aliphatic carbocycles. The van der Waals surface area contributed by atoms with Crippen LogP contribution >= 0.6 is 0 Å². The molecule has 1 saturated heterocycles. The van der Waals surface area contributed by atoms with Crippen LogP contribution < -0.4 is 5.32 Å². The Morgan fingerprint density at radius 1 is 1.05 bits per heavy atom. The van der Waals surface area contributed by atoms with Crippen molar-refractivity contribution in [1.82, 2.24) is 15.1 Å². The van der Waals surface area contributed by atoms with Gasteiger partial charge in [-0.1, -0.05) is 27.2 Å². The average molecular weight is 281 g/mol. The lowest BCUT2D eigenvalue weighted by Crippen LogP contribution is -2.53. The Morgan fingerprint density at radius 3 is 2.30 bits per heavy atom. The molecule has 0 aromatic rings. The fourth-order valence-corrected chi connectivity index (χ4v) is 3.26. The van der Waals surface area contributed by atoms with Gasteiger partial charge in [0, 0.05) is 45.3 Å². The van der Waals surface area contributed by atoms with E-state index >= 15 is 0 Å². The molecule has 0 radical (unpaired) electrons. The predicted octanol–water partition coefficient (Wildman–Crippen LogP) is 2.43. The van der Waals surface area contributed by atoms with Crippen molar-refractivity contribution in [3.05, 3.63) is 0 Å². The van der Waals surface area contributed by atoms with E-state index in [1.165, 1.54) is 65.0 Å². The van der Waals surface area contributed by atoms with Crippen molar-refractivity contribution in [2.75, 3.05) is 45.8 Å². The van der Waals surface area contributed by atoms with Gasteiger partial charge in [-0.2, -0.15) is 0 Å². The van der Waals surface area contributed by atoms with Crippen LogP contribution in [0.25, 0.3) is 0 Å². The summed E-state index contributed by atoms with van der Waals surface area (Å²) in [6.07, 6.45) is 5.61. The second-order valence-electron chi connectivity index (χ2n) is 7.27. The second kappa shape index (κ2) is 8.35. The van der Waals surface area contributed by atoms with Gasteiger partial charge >= 0.3 is 0 Å². The van der Waals surface area contributed by atoms with Crippen molar-refractivity contribution >= 4 is 0 Å². The molecule has 1 heterocycles. The highest BCUT2D eigenvalue weighted by molar-refractivity contribution is 4.83. The highest BCUT2D eigenvalue weighted by Crippen LogP contribution is 2.30. The molecular formula is C17H35N3. The fourth-order valence-electron chi connectivity index (χ4n) is 3.26. The summed E-state index contributed by atoms with van der Waals surface area (Å²) in [5.41, 5.74) is 0. The molecule has 0 spiro atoms. The molecular weight excluding hydrogens is 246 g/mol. The van der Waals surface area contributed by atoms with Gasteiger partial charge in [0.05, 0.1) is 0 Å². The van der Waals surface area contributed by atoms with Crippen molar-refractivity contribution in [2.45, 2.75) is 52.5 Å². The molecule has 0 aromatic heterocycles. The van der Waals surface area contributed by atoms with Gasteiger partial charge < -0.3 is 10.2 Å². The Kier molecular flexibility index (Phi) is 6.79. The van der Waals surface area contributed by atoms with E-state index in [-0.39, 0.29) is 0 Å². The van der Waals surface area contributed by atoms with E-state index in [9.17, 15) is 0 Å². The molecule has 2 aliphatic rings. The Bertz CT molecular complexity index is 255. The minimum Gasteiger partial charge on any atom is -0.315 e. The monoisotopic (exact) mass is 281 g/mol. The highest BCUT2D eigenvalue weighted by atomic mass is 15.3. The summed E-state index contributed by atoms with van der Waals surface area (Å²) in [5, 5.41) is 3.67. The first-order chi connectivity index (χ1) is 9.69. The van der Waals surface area contributed by atoms with Crippen LogP contribution in [0.3, 0.4) is 0 Å². The van der Waals surface area contributed by atoms with Crippen molar-refractivity contribution in [1.29, 1.82) is 0 Å². The number of nitrogens with zero attached hydrogens (tertiary/aromatic N) is 2. The first-order valence-corrected chi connectivity index (χ1v) is 8.86. The lowest BCUT2D eigenvalue weighted by Gasteiger charge is -2.39. The maximum Gasteiger partial charge on any atom is 0.0221 e. The summed E-state index contributed by atoms with van der Waals surface area (Å²) in [6.45, 7) is 15.7. The summed E-state index contributed by atoms with van der Waals surface area (Å²) in [7, 11) is 0. The zero-order chi connectivity index (χ0) is 14.4. The zero-order valence-electron chi connectivity index (χ0n) is 13.9. The molecule has 118 valence electrons. The molecule has 1 atom stereocenters. The van der Waals surface area contributed by atoms with Crippen molar-refractivity contribution in [3.63, 3.8) is 0 Å². The Hall–Kier alpha value is -0.120. The molecule has 2 rings (SSSR count). The number of hydrogen-bond acceptors (Lipinski definition) is 3. The number of piperazine rings is 1. The largest absolute Gasteiger partial charge is 0.315 e. The van der Waals surface area contributed by atoms with Crippen LogP contribution in [0.2, 0.25) is 0 Å². The number of nitrogens with one attached hydrogen (secondary N) is 1. The molecule has 1 saturated carbocycles. The van der Waals surface area contributed by atoms with Crippen molar-refractivity contribution in [2.24, 2.45) is 11.8 Å². The van der Waals surface area contributed by atoms with Gasteiger partial charge in [-0.3, -0.25) is 4.90 Å². The second-order valence-corrected chi connectivity index (χ2v) is 7.27. The SMILES string of the molecule is CCCC(CNCC(C)C)N1CCN(CC2CC2)CC1. The zero-order valence-corrected chi connectivity index (χ0v) is 13.9. The van der Waals surface area contributed by atoms with Crippen molar-refractivity contribution < 1.29 is 0 Å². The summed E-state index contributed by atoms with van der Waals surface area (Å²) in [4.78, 5) is 5.43. The molecule has 3 nitrogen and oxygen atoms in total. The van der Waals surface area contributed by atoms with E-state index in [0.717, 1.165) is 24.4 Å². The number of rotatable bonds is 9. The van der Waals surface area contributed by atoms with Crippen LogP contribution in [0.5, 0.6) is 0 Å². The van der Waals surface area contributed by atoms with Crippen LogP contribution in [0.4, 0.5) is 0 Å². The molecule has 3 heteroatoms. The molecule has 0 bridgehead atoms. The predicted molar refractivity (Wildman–Crippen MR) is 87.1 cm³/mol. The third-order valence-electron chi connectivity index (χ3n) is 4.69. The average Bonchev–Trinajstić information content (AvgIpc) is 3.22. The lowest BCUT2D eigenvalue weighted by atomic mass is 10.1. The van der Waals surface area contributed by atoms with Gasteiger partial charge in [-0.25, -0.2) is 0 Å². The minimum atomic E-state index is 0.752. The van der Waals surface area contributed by atoms with Gasteiger partial charge in [0.15, 0.2) is 0 Å². The first kappa shape index (κ1) is 16.3. The molecule has 0 amide bonds. The summed E-state index contributed by atoms with van der Waals surface area (Å²) < 4.78 is 0. The third-order valence-corrected chi connectivity index (χ3v) is 4.69. The van der Waals surface area contributed by atoms with Crippen LogP contribution in [-0.4, -0.2) is 61.7 Å². The van der Waals surface area contributed by atoms with Crippen LogP contribution in [0.15, 0.2) is 0 Å². The van der Waals surface area contributed by atoms with Gasteiger partial charge in [0.1, 0.15) is 0 Å². The summed E-state index contributed by atoms with van der Waals surface area (Å²) in [5.74, 6) is 1.80. The maximum atomic E-state index is 3.67. The Labute approximate surface area is 126 Å². The first-order valence-electron chi connectivity index (χ1n) is 8.86. The van der Waals surface area contributed by atoms with Gasteiger partial charge in [0.25, 0.3) is 0 Å².